The Morgan fingerprint density at radius 1 is 1.06 bits per heavy atom. The topological polar surface area (TPSA) is 49.8 Å². The van der Waals surface area contributed by atoms with Crippen molar-refractivity contribution in [2.24, 2.45) is 5.41 Å². The van der Waals surface area contributed by atoms with E-state index < -0.39 is 0 Å². The molecule has 0 unspecified atom stereocenters. The molecule has 2 N–H and O–H groups in total. The number of hydrogen-bond acceptors (Lipinski definition) is 4. The van der Waals surface area contributed by atoms with E-state index in [9.17, 15) is 0 Å². The molecular formula is C14H22N4. The normalized spacial score (nSPS) is 24.0. The van der Waals surface area contributed by atoms with Crippen LogP contribution in [0.25, 0.3) is 0 Å². The molecule has 0 bridgehead atoms. The van der Waals surface area contributed by atoms with E-state index in [4.69, 9.17) is 0 Å². The number of nitrogens with zero attached hydrogens (tertiary/aromatic N) is 2. The van der Waals surface area contributed by atoms with Crippen molar-refractivity contribution in [2.45, 2.75) is 44.6 Å². The van der Waals surface area contributed by atoms with Gasteiger partial charge in [-0.25, -0.2) is 9.97 Å². The molecular weight excluding hydrogens is 224 g/mol. The lowest BCUT2D eigenvalue weighted by Gasteiger charge is -2.43. The van der Waals surface area contributed by atoms with E-state index >= 15 is 0 Å². The van der Waals surface area contributed by atoms with Crippen molar-refractivity contribution in [2.75, 3.05) is 18.4 Å². The number of rotatable bonds is 2. The summed E-state index contributed by atoms with van der Waals surface area (Å²) in [5.41, 5.74) is 0.640. The zero-order valence-corrected chi connectivity index (χ0v) is 10.9. The van der Waals surface area contributed by atoms with Crippen LogP contribution in [0.4, 0.5) is 5.95 Å². The lowest BCUT2D eigenvalue weighted by Crippen LogP contribution is -2.41. The fourth-order valence-electron chi connectivity index (χ4n) is 3.39. The Morgan fingerprint density at radius 3 is 2.39 bits per heavy atom. The summed E-state index contributed by atoms with van der Waals surface area (Å²) in [5, 5.41) is 6.94. The van der Waals surface area contributed by atoms with Crippen molar-refractivity contribution in [3.05, 3.63) is 18.5 Å². The molecule has 1 aliphatic carbocycles. The highest BCUT2D eigenvalue weighted by molar-refractivity contribution is 5.24. The highest BCUT2D eigenvalue weighted by Crippen LogP contribution is 2.43. The molecule has 3 rings (SSSR count). The molecule has 1 aromatic heterocycles. The van der Waals surface area contributed by atoms with Gasteiger partial charge in [0.15, 0.2) is 0 Å². The van der Waals surface area contributed by atoms with Crippen molar-refractivity contribution in [1.29, 1.82) is 0 Å². The van der Waals surface area contributed by atoms with Crippen LogP contribution in [0.1, 0.15) is 38.5 Å². The van der Waals surface area contributed by atoms with Gasteiger partial charge in [-0.15, -0.1) is 0 Å². The van der Waals surface area contributed by atoms with E-state index in [0.717, 1.165) is 5.95 Å². The molecule has 1 spiro atoms. The summed E-state index contributed by atoms with van der Waals surface area (Å²) in [7, 11) is 0. The SMILES string of the molecule is c1cnc(NC2CCC3(CCNCC3)CC2)nc1. The van der Waals surface area contributed by atoms with Gasteiger partial charge in [0, 0.05) is 18.4 Å². The minimum absolute atomic E-state index is 0.563. The van der Waals surface area contributed by atoms with Crippen molar-refractivity contribution in [1.82, 2.24) is 15.3 Å². The molecule has 98 valence electrons. The van der Waals surface area contributed by atoms with E-state index in [-0.39, 0.29) is 0 Å². The molecule has 2 fully saturated rings. The van der Waals surface area contributed by atoms with Crippen LogP contribution in [0.15, 0.2) is 18.5 Å². The zero-order chi connectivity index (χ0) is 12.3. The third-order valence-corrected chi connectivity index (χ3v) is 4.61. The molecule has 1 saturated carbocycles. The van der Waals surface area contributed by atoms with Gasteiger partial charge in [-0.05, 0) is 63.1 Å². The van der Waals surface area contributed by atoms with Crippen molar-refractivity contribution >= 4 is 5.95 Å². The number of piperidine rings is 1. The van der Waals surface area contributed by atoms with Gasteiger partial charge in [0.2, 0.25) is 5.95 Å². The molecule has 1 saturated heterocycles. The smallest absolute Gasteiger partial charge is 0.222 e. The van der Waals surface area contributed by atoms with Gasteiger partial charge in [-0.1, -0.05) is 0 Å². The number of nitrogens with one attached hydrogen (secondary N) is 2. The molecule has 2 heterocycles. The summed E-state index contributed by atoms with van der Waals surface area (Å²) in [6.07, 6.45) is 11.6. The van der Waals surface area contributed by atoms with Crippen LogP contribution in [-0.2, 0) is 0 Å². The molecule has 1 aliphatic heterocycles. The first-order valence-corrected chi connectivity index (χ1v) is 7.11. The zero-order valence-electron chi connectivity index (χ0n) is 10.9. The average Bonchev–Trinajstić information content (AvgIpc) is 2.44. The molecule has 0 aromatic carbocycles. The first-order chi connectivity index (χ1) is 8.86. The van der Waals surface area contributed by atoms with Crippen LogP contribution in [0, 0.1) is 5.41 Å². The maximum Gasteiger partial charge on any atom is 0.222 e. The summed E-state index contributed by atoms with van der Waals surface area (Å²) in [5.74, 6) is 0.781. The number of hydrogen-bond donors (Lipinski definition) is 2. The fourth-order valence-corrected chi connectivity index (χ4v) is 3.39. The summed E-state index contributed by atoms with van der Waals surface area (Å²) in [6.45, 7) is 2.42. The molecule has 18 heavy (non-hydrogen) atoms. The Hall–Kier alpha value is -1.16. The Kier molecular flexibility index (Phi) is 3.46. The van der Waals surface area contributed by atoms with Crippen molar-refractivity contribution < 1.29 is 0 Å². The second-order valence-corrected chi connectivity index (χ2v) is 5.74. The average molecular weight is 246 g/mol. The summed E-state index contributed by atoms with van der Waals surface area (Å²) >= 11 is 0. The Bertz CT molecular complexity index is 363. The lowest BCUT2D eigenvalue weighted by molar-refractivity contribution is 0.127. The Labute approximate surface area is 109 Å². The van der Waals surface area contributed by atoms with Crippen LogP contribution in [0.5, 0.6) is 0 Å². The molecule has 4 nitrogen and oxygen atoms in total. The van der Waals surface area contributed by atoms with Gasteiger partial charge in [0.25, 0.3) is 0 Å². The quantitative estimate of drug-likeness (QED) is 0.840. The van der Waals surface area contributed by atoms with Gasteiger partial charge < -0.3 is 10.6 Å². The maximum absolute atomic E-state index is 4.24. The highest BCUT2D eigenvalue weighted by atomic mass is 15.1. The van der Waals surface area contributed by atoms with E-state index in [2.05, 4.69) is 20.6 Å². The third kappa shape index (κ3) is 2.64. The van der Waals surface area contributed by atoms with Gasteiger partial charge in [0.05, 0.1) is 0 Å². The predicted molar refractivity (Wildman–Crippen MR) is 72.4 cm³/mol. The Balaban J connectivity index is 1.54. The van der Waals surface area contributed by atoms with Crippen LogP contribution >= 0.6 is 0 Å². The third-order valence-electron chi connectivity index (χ3n) is 4.61. The minimum Gasteiger partial charge on any atom is -0.351 e. The standard InChI is InChI=1S/C14H22N4/c1-8-16-13(17-9-1)18-12-2-4-14(5-3-12)6-10-15-11-7-14/h1,8-9,12,15H,2-7,10-11H2,(H,16,17,18). The van der Waals surface area contributed by atoms with E-state index in [1.807, 2.05) is 6.07 Å². The predicted octanol–water partition coefficient (Wildman–Crippen LogP) is 2.20. The first kappa shape index (κ1) is 11.9. The molecule has 2 aliphatic rings. The van der Waals surface area contributed by atoms with Gasteiger partial charge in [-0.2, -0.15) is 0 Å². The van der Waals surface area contributed by atoms with E-state index in [0.29, 0.717) is 11.5 Å². The van der Waals surface area contributed by atoms with E-state index in [1.54, 1.807) is 12.4 Å². The Morgan fingerprint density at radius 2 is 1.72 bits per heavy atom. The number of anilines is 1. The lowest BCUT2D eigenvalue weighted by atomic mass is 9.67. The van der Waals surface area contributed by atoms with Crippen LogP contribution in [0.2, 0.25) is 0 Å². The second-order valence-electron chi connectivity index (χ2n) is 5.74. The molecule has 0 atom stereocenters. The molecule has 0 amide bonds. The molecule has 1 aromatic rings. The van der Waals surface area contributed by atoms with Crippen LogP contribution in [0.3, 0.4) is 0 Å². The highest BCUT2D eigenvalue weighted by Gasteiger charge is 2.36. The van der Waals surface area contributed by atoms with Crippen LogP contribution < -0.4 is 10.6 Å². The van der Waals surface area contributed by atoms with Crippen LogP contribution in [-0.4, -0.2) is 29.1 Å². The second kappa shape index (κ2) is 5.22. The van der Waals surface area contributed by atoms with Gasteiger partial charge >= 0.3 is 0 Å². The fraction of sp³-hybridized carbons (Fsp3) is 0.714. The van der Waals surface area contributed by atoms with E-state index in [1.165, 1.54) is 51.6 Å². The first-order valence-electron chi connectivity index (χ1n) is 7.11. The minimum atomic E-state index is 0.563. The number of aromatic nitrogens is 2. The van der Waals surface area contributed by atoms with Gasteiger partial charge in [-0.3, -0.25) is 0 Å². The van der Waals surface area contributed by atoms with Crippen molar-refractivity contribution in [3.8, 4) is 0 Å². The summed E-state index contributed by atoms with van der Waals surface area (Å²) in [6, 6.07) is 2.42. The largest absolute Gasteiger partial charge is 0.351 e. The van der Waals surface area contributed by atoms with Crippen molar-refractivity contribution in [3.63, 3.8) is 0 Å². The summed E-state index contributed by atoms with van der Waals surface area (Å²) < 4.78 is 0. The molecule has 0 radical (unpaired) electrons. The maximum atomic E-state index is 4.24. The monoisotopic (exact) mass is 246 g/mol. The molecule has 4 heteroatoms. The van der Waals surface area contributed by atoms with Gasteiger partial charge in [0.1, 0.15) is 0 Å². The summed E-state index contributed by atoms with van der Waals surface area (Å²) in [4.78, 5) is 8.49.